The van der Waals surface area contributed by atoms with Gasteiger partial charge in [0.05, 0.1) is 0 Å². The summed E-state index contributed by atoms with van der Waals surface area (Å²) < 4.78 is 27.2. The molecule has 6 heteroatoms. The third-order valence-electron chi connectivity index (χ3n) is 5.01. The van der Waals surface area contributed by atoms with Crippen LogP contribution in [0.4, 0.5) is 0 Å². The van der Waals surface area contributed by atoms with E-state index in [9.17, 15) is 8.42 Å². The minimum atomic E-state index is -3.41. The minimum Gasteiger partial charge on any atom is -0.295 e. The van der Waals surface area contributed by atoms with Crippen molar-refractivity contribution in [3.05, 3.63) is 71.4 Å². The molecule has 2 aromatic rings. The second-order valence-corrected chi connectivity index (χ2v) is 8.65. The number of likely N-dealkylation sites (N-methyl/N-ethyl adjacent to an activating group) is 1. The van der Waals surface area contributed by atoms with E-state index in [0.29, 0.717) is 13.1 Å². The van der Waals surface area contributed by atoms with Gasteiger partial charge in [0.2, 0.25) is 10.0 Å². The van der Waals surface area contributed by atoms with Crippen molar-refractivity contribution >= 4 is 16.1 Å². The molecule has 0 amide bonds. The lowest BCUT2D eigenvalue weighted by Gasteiger charge is -2.38. The normalized spacial score (nSPS) is 19.0. The summed E-state index contributed by atoms with van der Waals surface area (Å²) >= 11 is 0. The summed E-state index contributed by atoms with van der Waals surface area (Å²) in [6.07, 6.45) is 7.18. The average molecular weight is 386 g/mol. The van der Waals surface area contributed by atoms with E-state index < -0.39 is 10.0 Å². The molecule has 1 fully saturated rings. The zero-order chi connectivity index (χ0) is 19.1. The van der Waals surface area contributed by atoms with E-state index in [1.165, 1.54) is 11.0 Å². The van der Waals surface area contributed by atoms with Crippen molar-refractivity contribution in [3.8, 4) is 0 Å². The zero-order valence-corrected chi connectivity index (χ0v) is 16.6. The van der Waals surface area contributed by atoms with Crippen molar-refractivity contribution < 1.29 is 8.42 Å². The fraction of sp³-hybridized carbons (Fsp3) is 0.381. The Hall–Kier alpha value is -2.02. The third-order valence-corrected chi connectivity index (χ3v) is 6.54. The van der Waals surface area contributed by atoms with Crippen molar-refractivity contribution in [1.29, 1.82) is 0 Å². The Bertz CT molecular complexity index is 838. The molecule has 3 rings (SSSR count). The summed E-state index contributed by atoms with van der Waals surface area (Å²) in [5, 5.41) is 1.34. The molecule has 0 saturated carbocycles. The summed E-state index contributed by atoms with van der Waals surface area (Å²) in [6, 6.07) is 13.8. The van der Waals surface area contributed by atoms with Gasteiger partial charge in [-0.2, -0.15) is 4.31 Å². The second-order valence-electron chi connectivity index (χ2n) is 6.83. The highest BCUT2D eigenvalue weighted by atomic mass is 32.2. The predicted molar refractivity (Wildman–Crippen MR) is 109 cm³/mol. The van der Waals surface area contributed by atoms with Crippen molar-refractivity contribution in [2.45, 2.75) is 32.4 Å². The molecule has 1 aliphatic heterocycles. The molecular formula is C21H27N3O2S. The maximum Gasteiger partial charge on any atom is 0.236 e. The highest BCUT2D eigenvalue weighted by Crippen LogP contribution is 2.21. The Labute approximate surface area is 162 Å². The van der Waals surface area contributed by atoms with Crippen LogP contribution in [0.2, 0.25) is 0 Å². The largest absolute Gasteiger partial charge is 0.295 e. The van der Waals surface area contributed by atoms with Gasteiger partial charge in [0, 0.05) is 43.5 Å². The number of nitrogens with zero attached hydrogens (tertiary/aromatic N) is 3. The van der Waals surface area contributed by atoms with E-state index in [4.69, 9.17) is 0 Å². The van der Waals surface area contributed by atoms with Crippen LogP contribution in [0, 0.1) is 0 Å². The number of piperidine rings is 1. The van der Waals surface area contributed by atoms with E-state index >= 15 is 0 Å². The van der Waals surface area contributed by atoms with Gasteiger partial charge in [0.15, 0.2) is 0 Å². The van der Waals surface area contributed by atoms with E-state index in [2.05, 4.69) is 16.8 Å². The van der Waals surface area contributed by atoms with Gasteiger partial charge in [-0.05, 0) is 48.7 Å². The Kier molecular flexibility index (Phi) is 6.77. The van der Waals surface area contributed by atoms with Crippen molar-refractivity contribution in [2.24, 2.45) is 0 Å². The van der Waals surface area contributed by atoms with Gasteiger partial charge in [-0.25, -0.2) is 8.42 Å². The number of aromatic nitrogens is 1. The summed E-state index contributed by atoms with van der Waals surface area (Å²) in [4.78, 5) is 6.43. The molecule has 1 aromatic carbocycles. The molecular weight excluding hydrogens is 358 g/mol. The third kappa shape index (κ3) is 5.48. The highest BCUT2D eigenvalue weighted by Gasteiger charge is 2.30. The van der Waals surface area contributed by atoms with E-state index in [1.807, 2.05) is 42.5 Å². The molecule has 0 bridgehead atoms. The summed E-state index contributed by atoms with van der Waals surface area (Å²) in [5.74, 6) is 0. The molecule has 0 N–H and O–H groups in total. The van der Waals surface area contributed by atoms with E-state index in [1.54, 1.807) is 22.8 Å². The molecule has 0 unspecified atom stereocenters. The van der Waals surface area contributed by atoms with Gasteiger partial charge in [0.25, 0.3) is 0 Å². The van der Waals surface area contributed by atoms with Crippen LogP contribution < -0.4 is 0 Å². The highest BCUT2D eigenvalue weighted by molar-refractivity contribution is 7.92. The minimum absolute atomic E-state index is 0.233. The van der Waals surface area contributed by atoms with Crippen molar-refractivity contribution in [1.82, 2.24) is 14.2 Å². The molecule has 2 heterocycles. The summed E-state index contributed by atoms with van der Waals surface area (Å²) in [5.41, 5.74) is 2.10. The lowest BCUT2D eigenvalue weighted by Crippen LogP contribution is -2.49. The van der Waals surface area contributed by atoms with Crippen LogP contribution in [0.3, 0.4) is 0 Å². The first-order valence-corrected chi connectivity index (χ1v) is 10.9. The van der Waals surface area contributed by atoms with Gasteiger partial charge >= 0.3 is 0 Å². The Morgan fingerprint density at radius 2 is 1.93 bits per heavy atom. The Morgan fingerprint density at radius 1 is 1.19 bits per heavy atom. The SMILES string of the molecule is CCN(Cc1ccncc1)[C@H]1CCCN(S(=O)(=O)/C=C/c2ccccc2)C1. The molecule has 27 heavy (non-hydrogen) atoms. The lowest BCUT2D eigenvalue weighted by atomic mass is 10.1. The standard InChI is InChI=1S/C21H27N3O2S/c1-2-23(17-20-10-13-22-14-11-20)21-9-6-15-24(18-21)27(25,26)16-12-19-7-4-3-5-8-19/h3-5,7-8,10-14,16,21H,2,6,9,15,17-18H2,1H3/b16-12+/t21-/m0/s1. The number of benzene rings is 1. The number of hydrogen-bond acceptors (Lipinski definition) is 4. The summed E-state index contributed by atoms with van der Waals surface area (Å²) in [6.45, 7) is 4.97. The van der Waals surface area contributed by atoms with Crippen LogP contribution in [-0.4, -0.2) is 48.3 Å². The Balaban J connectivity index is 1.68. The van der Waals surface area contributed by atoms with Crippen LogP contribution in [0.1, 0.15) is 30.9 Å². The maximum atomic E-state index is 12.8. The van der Waals surface area contributed by atoms with Gasteiger partial charge in [-0.15, -0.1) is 0 Å². The number of pyridine rings is 1. The van der Waals surface area contributed by atoms with Gasteiger partial charge in [-0.3, -0.25) is 9.88 Å². The van der Waals surface area contributed by atoms with Crippen LogP contribution in [0.15, 0.2) is 60.3 Å². The first-order chi connectivity index (χ1) is 13.1. The monoisotopic (exact) mass is 385 g/mol. The smallest absolute Gasteiger partial charge is 0.236 e. The van der Waals surface area contributed by atoms with Crippen LogP contribution in [-0.2, 0) is 16.6 Å². The molecule has 1 aliphatic rings. The first kappa shape index (κ1) is 19.7. The van der Waals surface area contributed by atoms with Crippen LogP contribution >= 0.6 is 0 Å². The molecule has 0 radical (unpaired) electrons. The number of sulfonamides is 1. The first-order valence-electron chi connectivity index (χ1n) is 9.44. The van der Waals surface area contributed by atoms with Crippen LogP contribution in [0.25, 0.3) is 6.08 Å². The quantitative estimate of drug-likeness (QED) is 0.733. The van der Waals surface area contributed by atoms with Crippen LogP contribution in [0.5, 0.6) is 0 Å². The average Bonchev–Trinajstić information content (AvgIpc) is 2.72. The van der Waals surface area contributed by atoms with Gasteiger partial charge in [0.1, 0.15) is 0 Å². The number of hydrogen-bond donors (Lipinski definition) is 0. The molecule has 0 spiro atoms. The molecule has 144 valence electrons. The lowest BCUT2D eigenvalue weighted by molar-refractivity contribution is 0.134. The molecule has 5 nitrogen and oxygen atoms in total. The topological polar surface area (TPSA) is 53.5 Å². The fourth-order valence-electron chi connectivity index (χ4n) is 3.49. The zero-order valence-electron chi connectivity index (χ0n) is 15.7. The molecule has 1 saturated heterocycles. The number of rotatable bonds is 7. The summed E-state index contributed by atoms with van der Waals surface area (Å²) in [7, 11) is -3.41. The Morgan fingerprint density at radius 3 is 2.63 bits per heavy atom. The predicted octanol–water partition coefficient (Wildman–Crippen LogP) is 3.37. The van der Waals surface area contributed by atoms with Crippen molar-refractivity contribution in [3.63, 3.8) is 0 Å². The van der Waals surface area contributed by atoms with Crippen molar-refractivity contribution in [2.75, 3.05) is 19.6 Å². The second kappa shape index (κ2) is 9.26. The molecule has 1 aromatic heterocycles. The maximum absolute atomic E-state index is 12.8. The van der Waals surface area contributed by atoms with E-state index in [-0.39, 0.29) is 6.04 Å². The molecule has 0 aliphatic carbocycles. The fourth-order valence-corrected chi connectivity index (χ4v) is 4.75. The molecule has 1 atom stereocenters. The van der Waals surface area contributed by atoms with Gasteiger partial charge < -0.3 is 0 Å². The van der Waals surface area contributed by atoms with Gasteiger partial charge in [-0.1, -0.05) is 37.3 Å². The van der Waals surface area contributed by atoms with E-state index in [0.717, 1.165) is 31.5 Å².